The van der Waals surface area contributed by atoms with Crippen LogP contribution in [0.25, 0.3) is 0 Å². The van der Waals surface area contributed by atoms with Gasteiger partial charge in [0.1, 0.15) is 18.0 Å². The molecule has 128 valence electrons. The van der Waals surface area contributed by atoms with Crippen molar-refractivity contribution in [1.29, 1.82) is 0 Å². The van der Waals surface area contributed by atoms with Gasteiger partial charge >= 0.3 is 0 Å². The Balaban J connectivity index is 1.69. The Morgan fingerprint density at radius 3 is 2.56 bits per heavy atom. The van der Waals surface area contributed by atoms with Crippen molar-refractivity contribution >= 4 is 17.3 Å². The lowest BCUT2D eigenvalue weighted by Crippen LogP contribution is -2.18. The van der Waals surface area contributed by atoms with Crippen molar-refractivity contribution in [3.63, 3.8) is 0 Å². The van der Waals surface area contributed by atoms with Crippen molar-refractivity contribution in [2.24, 2.45) is 0 Å². The number of rotatable bonds is 7. The molecule has 0 aliphatic heterocycles. The Bertz CT molecular complexity index is 802. The van der Waals surface area contributed by atoms with Crippen molar-refractivity contribution in [2.75, 3.05) is 23.3 Å². The van der Waals surface area contributed by atoms with E-state index in [1.54, 1.807) is 6.33 Å². The molecule has 0 fully saturated rings. The molecule has 0 atom stereocenters. The fourth-order valence-corrected chi connectivity index (χ4v) is 2.84. The predicted octanol–water partition coefficient (Wildman–Crippen LogP) is 4.60. The summed E-state index contributed by atoms with van der Waals surface area (Å²) in [6.07, 6.45) is 2.59. The molecule has 4 heteroatoms. The molecule has 3 aromatic rings. The van der Waals surface area contributed by atoms with E-state index in [2.05, 4.69) is 82.6 Å². The summed E-state index contributed by atoms with van der Waals surface area (Å²) in [5.41, 5.74) is 3.71. The number of nitrogens with one attached hydrogen (secondary N) is 1. The first-order valence-corrected chi connectivity index (χ1v) is 8.70. The number of anilines is 3. The fourth-order valence-electron chi connectivity index (χ4n) is 2.84. The highest BCUT2D eigenvalue weighted by molar-refractivity contribution is 5.62. The van der Waals surface area contributed by atoms with Crippen LogP contribution in [0.15, 0.2) is 67.0 Å². The zero-order valence-electron chi connectivity index (χ0n) is 14.8. The SMILES string of the molecule is CCN(c1cccc(C)c1)c1cc(NCCc2ccccc2)ncn1. The first-order valence-electron chi connectivity index (χ1n) is 8.70. The Labute approximate surface area is 149 Å². The van der Waals surface area contributed by atoms with Crippen LogP contribution in [0.3, 0.4) is 0 Å². The molecule has 1 N–H and O–H groups in total. The smallest absolute Gasteiger partial charge is 0.138 e. The van der Waals surface area contributed by atoms with E-state index in [0.717, 1.165) is 36.8 Å². The first kappa shape index (κ1) is 17.0. The quantitative estimate of drug-likeness (QED) is 0.686. The van der Waals surface area contributed by atoms with Crippen molar-refractivity contribution in [3.8, 4) is 0 Å². The molecule has 4 nitrogen and oxygen atoms in total. The molecule has 0 radical (unpaired) electrons. The third-order valence-corrected chi connectivity index (χ3v) is 4.12. The van der Waals surface area contributed by atoms with Crippen LogP contribution in [-0.4, -0.2) is 23.1 Å². The monoisotopic (exact) mass is 332 g/mol. The van der Waals surface area contributed by atoms with E-state index < -0.39 is 0 Å². The molecule has 2 aromatic carbocycles. The van der Waals surface area contributed by atoms with E-state index in [-0.39, 0.29) is 0 Å². The minimum atomic E-state index is 0.844. The summed E-state index contributed by atoms with van der Waals surface area (Å²) in [6, 6.07) is 20.9. The summed E-state index contributed by atoms with van der Waals surface area (Å²) in [7, 11) is 0. The van der Waals surface area contributed by atoms with Gasteiger partial charge in [0.25, 0.3) is 0 Å². The van der Waals surface area contributed by atoms with Gasteiger partial charge in [0.05, 0.1) is 0 Å². The van der Waals surface area contributed by atoms with Crippen molar-refractivity contribution in [1.82, 2.24) is 9.97 Å². The molecule has 0 aliphatic carbocycles. The Hall–Kier alpha value is -2.88. The molecule has 0 aliphatic rings. The fraction of sp³-hybridized carbons (Fsp3) is 0.238. The van der Waals surface area contributed by atoms with E-state index in [1.807, 2.05) is 12.1 Å². The highest BCUT2D eigenvalue weighted by Crippen LogP contribution is 2.25. The lowest BCUT2D eigenvalue weighted by atomic mass is 10.1. The first-order chi connectivity index (χ1) is 12.3. The van der Waals surface area contributed by atoms with Crippen LogP contribution in [0.5, 0.6) is 0 Å². The van der Waals surface area contributed by atoms with Gasteiger partial charge in [-0.2, -0.15) is 0 Å². The van der Waals surface area contributed by atoms with Crippen molar-refractivity contribution < 1.29 is 0 Å². The van der Waals surface area contributed by atoms with Gasteiger partial charge in [-0.3, -0.25) is 0 Å². The van der Waals surface area contributed by atoms with Gasteiger partial charge in [-0.05, 0) is 43.5 Å². The van der Waals surface area contributed by atoms with Crippen LogP contribution >= 0.6 is 0 Å². The molecule has 1 aromatic heterocycles. The van der Waals surface area contributed by atoms with Gasteiger partial charge in [0, 0.05) is 24.8 Å². The third kappa shape index (κ3) is 4.57. The second-order valence-corrected chi connectivity index (χ2v) is 6.01. The standard InChI is InChI=1S/C21H24N4/c1-3-25(19-11-7-8-17(2)14-19)21-15-20(23-16-24-21)22-13-12-18-9-5-4-6-10-18/h4-11,14-16H,3,12-13H2,1-2H3,(H,22,23,24). The molecule has 3 rings (SSSR count). The Morgan fingerprint density at radius 2 is 1.80 bits per heavy atom. The minimum Gasteiger partial charge on any atom is -0.370 e. The van der Waals surface area contributed by atoms with Gasteiger partial charge in [0.15, 0.2) is 0 Å². The molecule has 0 amide bonds. The highest BCUT2D eigenvalue weighted by atomic mass is 15.2. The Morgan fingerprint density at radius 1 is 0.960 bits per heavy atom. The highest BCUT2D eigenvalue weighted by Gasteiger charge is 2.10. The number of hydrogen-bond donors (Lipinski definition) is 1. The summed E-state index contributed by atoms with van der Waals surface area (Å²) in [6.45, 7) is 5.93. The van der Waals surface area contributed by atoms with Crippen LogP contribution < -0.4 is 10.2 Å². The summed E-state index contributed by atoms with van der Waals surface area (Å²) in [5.74, 6) is 1.76. The molecule has 1 heterocycles. The predicted molar refractivity (Wildman–Crippen MR) is 105 cm³/mol. The van der Waals surface area contributed by atoms with Gasteiger partial charge in [-0.1, -0.05) is 42.5 Å². The van der Waals surface area contributed by atoms with Crippen molar-refractivity contribution in [3.05, 3.63) is 78.1 Å². The number of hydrogen-bond acceptors (Lipinski definition) is 4. The maximum absolute atomic E-state index is 4.46. The molecular weight excluding hydrogens is 308 g/mol. The average molecular weight is 332 g/mol. The molecule has 0 bridgehead atoms. The molecule has 0 saturated carbocycles. The lowest BCUT2D eigenvalue weighted by molar-refractivity contribution is 0.962. The van der Waals surface area contributed by atoms with Gasteiger partial charge < -0.3 is 10.2 Å². The number of aromatic nitrogens is 2. The third-order valence-electron chi connectivity index (χ3n) is 4.12. The van der Waals surface area contributed by atoms with E-state index in [1.165, 1.54) is 11.1 Å². The zero-order chi connectivity index (χ0) is 17.5. The van der Waals surface area contributed by atoms with Crippen LogP contribution in [0, 0.1) is 6.92 Å². The number of aryl methyl sites for hydroxylation is 1. The summed E-state index contributed by atoms with van der Waals surface area (Å²) < 4.78 is 0. The second-order valence-electron chi connectivity index (χ2n) is 6.01. The minimum absolute atomic E-state index is 0.844. The molecule has 0 saturated heterocycles. The number of benzene rings is 2. The molecule has 0 unspecified atom stereocenters. The van der Waals surface area contributed by atoms with E-state index in [0.29, 0.717) is 0 Å². The van der Waals surface area contributed by atoms with Crippen LogP contribution in [0.1, 0.15) is 18.1 Å². The van der Waals surface area contributed by atoms with E-state index in [9.17, 15) is 0 Å². The maximum atomic E-state index is 4.46. The normalized spacial score (nSPS) is 10.5. The summed E-state index contributed by atoms with van der Waals surface area (Å²) >= 11 is 0. The van der Waals surface area contributed by atoms with E-state index >= 15 is 0 Å². The topological polar surface area (TPSA) is 41.0 Å². The maximum Gasteiger partial charge on any atom is 0.138 e. The largest absolute Gasteiger partial charge is 0.370 e. The summed E-state index contributed by atoms with van der Waals surface area (Å²) in [5, 5.41) is 3.40. The van der Waals surface area contributed by atoms with Crippen LogP contribution in [-0.2, 0) is 6.42 Å². The average Bonchev–Trinajstić information content (AvgIpc) is 2.64. The van der Waals surface area contributed by atoms with Crippen LogP contribution in [0.4, 0.5) is 17.3 Å². The van der Waals surface area contributed by atoms with E-state index in [4.69, 9.17) is 0 Å². The lowest BCUT2D eigenvalue weighted by Gasteiger charge is -2.22. The van der Waals surface area contributed by atoms with Gasteiger partial charge in [0.2, 0.25) is 0 Å². The molecule has 25 heavy (non-hydrogen) atoms. The number of nitrogens with zero attached hydrogens (tertiary/aromatic N) is 3. The zero-order valence-corrected chi connectivity index (χ0v) is 14.8. The second kappa shape index (κ2) is 8.29. The van der Waals surface area contributed by atoms with Crippen LogP contribution in [0.2, 0.25) is 0 Å². The molecular formula is C21H24N4. The Kier molecular flexibility index (Phi) is 5.62. The van der Waals surface area contributed by atoms with Gasteiger partial charge in [-0.15, -0.1) is 0 Å². The van der Waals surface area contributed by atoms with Gasteiger partial charge in [-0.25, -0.2) is 9.97 Å². The molecule has 0 spiro atoms. The summed E-state index contributed by atoms with van der Waals surface area (Å²) in [4.78, 5) is 11.0. The van der Waals surface area contributed by atoms with Crippen molar-refractivity contribution in [2.45, 2.75) is 20.3 Å².